The third kappa shape index (κ3) is 3.18. The molecule has 0 aliphatic carbocycles. The van der Waals surface area contributed by atoms with Crippen molar-refractivity contribution in [3.8, 4) is 0 Å². The molecule has 1 aromatic rings. The fourth-order valence-corrected chi connectivity index (χ4v) is 2.96. The number of halogens is 1. The van der Waals surface area contributed by atoms with Crippen molar-refractivity contribution >= 4 is 23.3 Å². The summed E-state index contributed by atoms with van der Waals surface area (Å²) in [6, 6.07) is 0.257. The van der Waals surface area contributed by atoms with Crippen molar-refractivity contribution in [3.63, 3.8) is 0 Å². The van der Waals surface area contributed by atoms with Crippen LogP contribution in [0, 0.1) is 17.0 Å². The number of hydrogen-bond donors (Lipinski definition) is 0. The molecule has 1 aliphatic rings. The number of carbonyl (C=O) groups excluding carboxylic acids is 1. The molecule has 21 heavy (non-hydrogen) atoms. The lowest BCUT2D eigenvalue weighted by Gasteiger charge is -2.35. The highest BCUT2D eigenvalue weighted by Gasteiger charge is 2.29. The van der Waals surface area contributed by atoms with Crippen LogP contribution in [0.1, 0.15) is 38.3 Å². The van der Waals surface area contributed by atoms with Crippen LogP contribution in [0.15, 0.2) is 0 Å². The van der Waals surface area contributed by atoms with Crippen LogP contribution in [0.25, 0.3) is 0 Å². The average Bonchev–Trinajstić information content (AvgIpc) is 2.75. The van der Waals surface area contributed by atoms with Gasteiger partial charge in [-0.25, -0.2) is 0 Å². The molecule has 0 radical (unpaired) electrons. The maximum Gasteiger partial charge on any atom is 0.408 e. The summed E-state index contributed by atoms with van der Waals surface area (Å²) in [7, 11) is 0. The summed E-state index contributed by atoms with van der Waals surface area (Å²) in [5.41, 5.74) is 0.446. The molecule has 0 saturated carbocycles. The van der Waals surface area contributed by atoms with Crippen LogP contribution in [-0.2, 0) is 11.3 Å². The van der Waals surface area contributed by atoms with Crippen molar-refractivity contribution in [1.29, 1.82) is 0 Å². The quantitative estimate of drug-likeness (QED) is 0.631. The van der Waals surface area contributed by atoms with Gasteiger partial charge in [0.15, 0.2) is 5.02 Å². The Labute approximate surface area is 128 Å². The maximum absolute atomic E-state index is 12.4. The highest BCUT2D eigenvalue weighted by molar-refractivity contribution is 6.33. The molecule has 1 fully saturated rings. The number of aromatic nitrogens is 2. The van der Waals surface area contributed by atoms with Gasteiger partial charge in [0.1, 0.15) is 6.54 Å². The largest absolute Gasteiger partial charge is 0.408 e. The molecule has 7 nitrogen and oxygen atoms in total. The second kappa shape index (κ2) is 6.43. The number of piperidine rings is 1. The fourth-order valence-electron chi connectivity index (χ4n) is 2.75. The van der Waals surface area contributed by atoms with Gasteiger partial charge in [-0.05, 0) is 37.5 Å². The van der Waals surface area contributed by atoms with E-state index in [9.17, 15) is 14.9 Å². The molecule has 2 rings (SSSR count). The molecule has 0 spiro atoms. The molecular formula is C13H19ClN4O3. The van der Waals surface area contributed by atoms with E-state index in [1.165, 1.54) is 4.68 Å². The molecule has 8 heteroatoms. The Balaban J connectivity index is 2.16. The van der Waals surface area contributed by atoms with Crippen LogP contribution in [0.3, 0.4) is 0 Å². The summed E-state index contributed by atoms with van der Waals surface area (Å²) in [5.74, 6) is -0.452. The van der Waals surface area contributed by atoms with Gasteiger partial charge in [0, 0.05) is 12.6 Å². The molecule has 0 bridgehead atoms. The van der Waals surface area contributed by atoms with Gasteiger partial charge in [-0.2, -0.15) is 4.68 Å². The zero-order valence-corrected chi connectivity index (χ0v) is 13.0. The van der Waals surface area contributed by atoms with E-state index >= 15 is 0 Å². The lowest BCUT2D eigenvalue weighted by atomic mass is 10.00. The molecule has 0 aromatic carbocycles. The Morgan fingerprint density at radius 1 is 1.52 bits per heavy atom. The Morgan fingerprint density at radius 2 is 2.24 bits per heavy atom. The zero-order valence-electron chi connectivity index (χ0n) is 12.2. The van der Waals surface area contributed by atoms with Crippen LogP contribution >= 0.6 is 11.6 Å². The summed E-state index contributed by atoms with van der Waals surface area (Å²) in [4.78, 5) is 24.5. The van der Waals surface area contributed by atoms with E-state index in [2.05, 4.69) is 12.0 Å². The molecule has 0 unspecified atom stereocenters. The van der Waals surface area contributed by atoms with Gasteiger partial charge >= 0.3 is 5.82 Å². The topological polar surface area (TPSA) is 81.3 Å². The minimum Gasteiger partial charge on any atom is -0.358 e. The molecule has 1 atom stereocenters. The van der Waals surface area contributed by atoms with Gasteiger partial charge < -0.3 is 15.0 Å². The van der Waals surface area contributed by atoms with Crippen molar-refractivity contribution in [3.05, 3.63) is 20.8 Å². The summed E-state index contributed by atoms with van der Waals surface area (Å²) in [5, 5.41) is 14.7. The SMILES string of the molecule is CC[C@@H]1CCCCN1C(=O)Cn1nc([N+](=O)[O-])c(Cl)c1C. The number of nitrogens with zero attached hydrogens (tertiary/aromatic N) is 4. The molecule has 1 amide bonds. The van der Waals surface area contributed by atoms with Gasteiger partial charge in [0.25, 0.3) is 0 Å². The van der Waals surface area contributed by atoms with Crippen molar-refractivity contribution in [2.45, 2.75) is 52.1 Å². The van der Waals surface area contributed by atoms with Crippen molar-refractivity contribution < 1.29 is 9.72 Å². The lowest BCUT2D eigenvalue weighted by Crippen LogP contribution is -2.45. The lowest BCUT2D eigenvalue weighted by molar-refractivity contribution is -0.389. The van der Waals surface area contributed by atoms with E-state index in [1.54, 1.807) is 6.92 Å². The molecule has 1 aliphatic heterocycles. The van der Waals surface area contributed by atoms with Crippen LogP contribution in [-0.4, -0.2) is 38.1 Å². The Morgan fingerprint density at radius 3 is 2.81 bits per heavy atom. The highest BCUT2D eigenvalue weighted by Crippen LogP contribution is 2.27. The zero-order chi connectivity index (χ0) is 15.6. The first-order valence-corrected chi connectivity index (χ1v) is 7.50. The first-order chi connectivity index (χ1) is 9.95. The van der Waals surface area contributed by atoms with E-state index in [1.807, 2.05) is 4.90 Å². The van der Waals surface area contributed by atoms with Crippen molar-refractivity contribution in [2.75, 3.05) is 6.54 Å². The predicted molar refractivity (Wildman–Crippen MR) is 78.3 cm³/mol. The standard InChI is InChI=1S/C13H19ClN4O3/c1-3-10-6-4-5-7-16(10)11(19)8-17-9(2)12(14)13(15-17)18(20)21/h10H,3-8H2,1-2H3/t10-/m1/s1. The van der Waals surface area contributed by atoms with E-state index in [4.69, 9.17) is 11.6 Å². The molecule has 2 heterocycles. The number of rotatable bonds is 4. The third-order valence-corrected chi connectivity index (χ3v) is 4.44. The Kier molecular flexibility index (Phi) is 4.82. The van der Waals surface area contributed by atoms with Crippen molar-refractivity contribution in [1.82, 2.24) is 14.7 Å². The first kappa shape index (κ1) is 15.8. The molecule has 116 valence electrons. The van der Waals surface area contributed by atoms with E-state index in [0.29, 0.717) is 5.69 Å². The number of amides is 1. The third-order valence-electron chi connectivity index (χ3n) is 3.99. The van der Waals surface area contributed by atoms with Gasteiger partial charge in [-0.1, -0.05) is 18.5 Å². The fraction of sp³-hybridized carbons (Fsp3) is 0.692. The summed E-state index contributed by atoms with van der Waals surface area (Å²) < 4.78 is 1.32. The maximum atomic E-state index is 12.4. The first-order valence-electron chi connectivity index (χ1n) is 7.12. The monoisotopic (exact) mass is 314 g/mol. The van der Waals surface area contributed by atoms with Crippen molar-refractivity contribution in [2.24, 2.45) is 0 Å². The van der Waals surface area contributed by atoms with E-state index in [0.717, 1.165) is 32.2 Å². The number of likely N-dealkylation sites (tertiary alicyclic amines) is 1. The van der Waals surface area contributed by atoms with Gasteiger partial charge in [0.2, 0.25) is 5.91 Å². The minimum atomic E-state index is -0.633. The van der Waals surface area contributed by atoms with E-state index < -0.39 is 10.7 Å². The molecule has 1 aromatic heterocycles. The smallest absolute Gasteiger partial charge is 0.358 e. The number of hydrogen-bond acceptors (Lipinski definition) is 4. The summed E-state index contributed by atoms with van der Waals surface area (Å²) in [6.07, 6.45) is 4.08. The van der Waals surface area contributed by atoms with Crippen LogP contribution in [0.2, 0.25) is 5.02 Å². The summed E-state index contributed by atoms with van der Waals surface area (Å²) >= 11 is 5.88. The Hall–Kier alpha value is -1.63. The van der Waals surface area contributed by atoms with Crippen LogP contribution in [0.5, 0.6) is 0 Å². The van der Waals surface area contributed by atoms with E-state index in [-0.39, 0.29) is 23.5 Å². The minimum absolute atomic E-state index is 0.00140. The van der Waals surface area contributed by atoms with Gasteiger partial charge in [-0.15, -0.1) is 0 Å². The van der Waals surface area contributed by atoms with Crippen LogP contribution < -0.4 is 0 Å². The van der Waals surface area contributed by atoms with Gasteiger partial charge in [0.05, 0.1) is 10.8 Å². The molecular weight excluding hydrogens is 296 g/mol. The number of nitro groups is 1. The summed E-state index contributed by atoms with van der Waals surface area (Å²) in [6.45, 7) is 4.43. The molecule has 0 N–H and O–H groups in total. The second-order valence-corrected chi connectivity index (χ2v) is 5.66. The Bertz CT molecular complexity index is 558. The normalized spacial score (nSPS) is 18.8. The number of carbonyl (C=O) groups is 1. The second-order valence-electron chi connectivity index (χ2n) is 5.28. The molecule has 1 saturated heterocycles. The highest BCUT2D eigenvalue weighted by atomic mass is 35.5. The van der Waals surface area contributed by atoms with Gasteiger partial charge in [-0.3, -0.25) is 4.79 Å². The average molecular weight is 315 g/mol. The predicted octanol–water partition coefficient (Wildman–Crippen LogP) is 2.54. The van der Waals surface area contributed by atoms with Crippen LogP contribution in [0.4, 0.5) is 5.82 Å².